The van der Waals surface area contributed by atoms with Crippen LogP contribution in [0.5, 0.6) is 0 Å². The number of hydrogen-bond donors (Lipinski definition) is 3. The Bertz CT molecular complexity index is 85.6. The van der Waals surface area contributed by atoms with Gasteiger partial charge in [0.1, 0.15) is 0 Å². The Kier molecular flexibility index (Phi) is 53.5. The molecule has 0 aromatic carbocycles. The first kappa shape index (κ1) is 22.6. The maximum absolute atomic E-state index is 9.00. The average molecular weight is 192 g/mol. The van der Waals surface area contributed by atoms with Crippen LogP contribution in [0.25, 0.3) is 0 Å². The van der Waals surface area contributed by atoms with E-state index in [9.17, 15) is 0 Å². The van der Waals surface area contributed by atoms with Gasteiger partial charge < -0.3 is 15.3 Å². The number of rotatable bonds is 1. The lowest BCUT2D eigenvalue weighted by molar-refractivity contribution is -0.134. The van der Waals surface area contributed by atoms with Crippen LogP contribution in [0, 0.1) is 0 Å². The second-order valence-corrected chi connectivity index (χ2v) is 1.55. The smallest absolute Gasteiger partial charge is 0.300 e. The molecule has 0 aromatic heterocycles. The van der Waals surface area contributed by atoms with E-state index in [4.69, 9.17) is 20.1 Å². The van der Waals surface area contributed by atoms with Gasteiger partial charge in [0.05, 0.1) is 12.7 Å². The van der Waals surface area contributed by atoms with Crippen LogP contribution in [0.15, 0.2) is 26.3 Å². The number of aliphatic hydroxyl groups is 2. The Morgan fingerprint density at radius 2 is 1.38 bits per heavy atom. The van der Waals surface area contributed by atoms with E-state index in [0.29, 0.717) is 0 Å². The first-order valence-corrected chi connectivity index (χ1v) is 3.49. The van der Waals surface area contributed by atoms with Crippen molar-refractivity contribution in [2.75, 3.05) is 6.61 Å². The summed E-state index contributed by atoms with van der Waals surface area (Å²) in [4.78, 5) is 9.00. The Morgan fingerprint density at radius 3 is 1.38 bits per heavy atom. The lowest BCUT2D eigenvalue weighted by Gasteiger charge is -1.90. The quantitative estimate of drug-likeness (QED) is 0.543. The maximum Gasteiger partial charge on any atom is 0.300 e. The van der Waals surface area contributed by atoms with Gasteiger partial charge >= 0.3 is 0 Å². The molecule has 13 heavy (non-hydrogen) atoms. The van der Waals surface area contributed by atoms with Gasteiger partial charge in [0.25, 0.3) is 5.97 Å². The summed E-state index contributed by atoms with van der Waals surface area (Å²) in [6.07, 6.45) is -0.560. The predicted molar refractivity (Wildman–Crippen MR) is 54.6 cm³/mol. The van der Waals surface area contributed by atoms with Gasteiger partial charge in [-0.3, -0.25) is 4.79 Å². The minimum Gasteiger partial charge on any atom is -0.481 e. The lowest BCUT2D eigenvalue weighted by atomic mass is 10.5. The van der Waals surface area contributed by atoms with E-state index in [1.807, 2.05) is 0 Å². The average Bonchev–Trinajstić information content (AvgIpc) is 2.10. The van der Waals surface area contributed by atoms with Crippen LogP contribution in [0.3, 0.4) is 0 Å². The van der Waals surface area contributed by atoms with Crippen molar-refractivity contribution in [3.63, 3.8) is 0 Å². The molecule has 0 aromatic rings. The molecule has 0 rings (SSSR count). The molecular weight excluding hydrogens is 172 g/mol. The van der Waals surface area contributed by atoms with Crippen molar-refractivity contribution in [1.82, 2.24) is 0 Å². The summed E-state index contributed by atoms with van der Waals surface area (Å²) in [5.41, 5.74) is 0. The SMILES string of the molecule is C=C.C=C.CC(=O)O.CC(O)CO. The number of carbonyl (C=O) groups is 1. The predicted octanol–water partition coefficient (Wildman–Crippen LogP) is 1.05. The van der Waals surface area contributed by atoms with Crippen LogP contribution in [0.2, 0.25) is 0 Å². The van der Waals surface area contributed by atoms with Crippen molar-refractivity contribution in [1.29, 1.82) is 0 Å². The van der Waals surface area contributed by atoms with Crippen molar-refractivity contribution >= 4 is 5.97 Å². The molecule has 0 spiro atoms. The van der Waals surface area contributed by atoms with Crippen LogP contribution in [-0.4, -0.2) is 34.0 Å². The highest BCUT2D eigenvalue weighted by Crippen LogP contribution is 1.68. The van der Waals surface area contributed by atoms with Crippen molar-refractivity contribution in [2.45, 2.75) is 20.0 Å². The largest absolute Gasteiger partial charge is 0.481 e. The van der Waals surface area contributed by atoms with Crippen LogP contribution in [0.4, 0.5) is 0 Å². The van der Waals surface area contributed by atoms with Gasteiger partial charge in [-0.15, -0.1) is 26.3 Å². The summed E-state index contributed by atoms with van der Waals surface area (Å²) in [5.74, 6) is -0.833. The van der Waals surface area contributed by atoms with E-state index < -0.39 is 12.1 Å². The standard InChI is InChI=1S/C3H8O2.C2H4O2.2C2H4/c1-3(5)2-4;1-2(3)4;2*1-2/h3-5H,2H2,1H3;1H3,(H,3,4);2*1-2H2. The van der Waals surface area contributed by atoms with Gasteiger partial charge in [0, 0.05) is 6.92 Å². The Hall–Kier alpha value is -1.13. The van der Waals surface area contributed by atoms with Gasteiger partial charge in [-0.25, -0.2) is 0 Å². The first-order valence-electron chi connectivity index (χ1n) is 3.49. The monoisotopic (exact) mass is 192 g/mol. The van der Waals surface area contributed by atoms with Gasteiger partial charge in [0.2, 0.25) is 0 Å². The third kappa shape index (κ3) is 1130. The summed E-state index contributed by atoms with van der Waals surface area (Å²) in [5, 5.41) is 23.4. The molecule has 0 aliphatic carbocycles. The van der Waals surface area contributed by atoms with Gasteiger partial charge in [-0.1, -0.05) is 0 Å². The number of aliphatic hydroxyl groups excluding tert-OH is 2. The normalized spacial score (nSPS) is 8.31. The van der Waals surface area contributed by atoms with Gasteiger partial charge in [0.15, 0.2) is 0 Å². The molecular formula is C9H20O4. The summed E-state index contributed by atoms with van der Waals surface area (Å²) in [7, 11) is 0. The highest BCUT2D eigenvalue weighted by atomic mass is 16.4. The van der Waals surface area contributed by atoms with E-state index in [1.54, 1.807) is 0 Å². The molecule has 0 saturated heterocycles. The van der Waals surface area contributed by atoms with E-state index in [0.717, 1.165) is 6.92 Å². The van der Waals surface area contributed by atoms with Gasteiger partial charge in [-0.2, -0.15) is 0 Å². The molecule has 0 fully saturated rings. The van der Waals surface area contributed by atoms with E-state index in [-0.39, 0.29) is 6.61 Å². The topological polar surface area (TPSA) is 77.8 Å². The lowest BCUT2D eigenvalue weighted by Crippen LogP contribution is -2.03. The zero-order valence-corrected chi connectivity index (χ0v) is 8.36. The molecule has 0 aliphatic heterocycles. The summed E-state index contributed by atoms with van der Waals surface area (Å²) >= 11 is 0. The highest BCUT2D eigenvalue weighted by Gasteiger charge is 1.83. The van der Waals surface area contributed by atoms with Crippen molar-refractivity contribution in [3.05, 3.63) is 26.3 Å². The van der Waals surface area contributed by atoms with Crippen LogP contribution in [-0.2, 0) is 4.79 Å². The number of carboxylic acids is 1. The molecule has 0 radical (unpaired) electrons. The van der Waals surface area contributed by atoms with Gasteiger partial charge in [-0.05, 0) is 6.92 Å². The fraction of sp³-hybridized carbons (Fsp3) is 0.444. The third-order valence-electron chi connectivity index (χ3n) is 0.264. The molecule has 80 valence electrons. The third-order valence-corrected chi connectivity index (χ3v) is 0.264. The number of carboxylic acid groups (broad SMARTS) is 1. The molecule has 0 bridgehead atoms. The minimum atomic E-state index is -0.833. The minimum absolute atomic E-state index is 0.139. The summed E-state index contributed by atoms with van der Waals surface area (Å²) in [6.45, 7) is 14.5. The molecule has 0 aliphatic rings. The zero-order chi connectivity index (χ0) is 11.9. The highest BCUT2D eigenvalue weighted by molar-refractivity contribution is 5.62. The molecule has 1 unspecified atom stereocenters. The molecule has 0 amide bonds. The molecule has 1 atom stereocenters. The van der Waals surface area contributed by atoms with E-state index in [1.165, 1.54) is 6.92 Å². The van der Waals surface area contributed by atoms with Crippen LogP contribution >= 0.6 is 0 Å². The molecule has 4 nitrogen and oxygen atoms in total. The van der Waals surface area contributed by atoms with Crippen LogP contribution in [0.1, 0.15) is 13.8 Å². The Labute approximate surface area is 79.8 Å². The molecule has 0 saturated carbocycles. The number of hydrogen-bond acceptors (Lipinski definition) is 3. The second kappa shape index (κ2) is 30.7. The maximum atomic E-state index is 9.00. The van der Waals surface area contributed by atoms with Crippen LogP contribution < -0.4 is 0 Å². The number of aliphatic carboxylic acids is 1. The second-order valence-electron chi connectivity index (χ2n) is 1.55. The summed E-state index contributed by atoms with van der Waals surface area (Å²) < 4.78 is 0. The van der Waals surface area contributed by atoms with E-state index in [2.05, 4.69) is 26.3 Å². The van der Waals surface area contributed by atoms with Crippen molar-refractivity contribution in [2.24, 2.45) is 0 Å². The zero-order valence-electron chi connectivity index (χ0n) is 8.36. The fourth-order valence-corrected chi connectivity index (χ4v) is 0. The summed E-state index contributed by atoms with van der Waals surface area (Å²) in [6, 6.07) is 0. The molecule has 4 heteroatoms. The van der Waals surface area contributed by atoms with Crippen molar-refractivity contribution in [3.8, 4) is 0 Å². The Morgan fingerprint density at radius 1 is 1.31 bits per heavy atom. The fourth-order valence-electron chi connectivity index (χ4n) is 0. The molecule has 0 heterocycles. The van der Waals surface area contributed by atoms with Crippen molar-refractivity contribution < 1.29 is 20.1 Å². The molecule has 3 N–H and O–H groups in total. The first-order chi connectivity index (χ1) is 6.00. The van der Waals surface area contributed by atoms with E-state index >= 15 is 0 Å². The Balaban J connectivity index is -0.0000000457.